The Hall–Kier alpha value is -1.07. The molecule has 1 aromatic heterocycles. The number of imide groups is 1. The molecular weight excluding hydrogens is 248 g/mol. The molecule has 1 rings (SSSR count). The Morgan fingerprint density at radius 2 is 2.19 bits per heavy atom. The van der Waals surface area contributed by atoms with E-state index in [-0.39, 0.29) is 0 Å². The van der Waals surface area contributed by atoms with Crippen LogP contribution in [-0.2, 0) is 11.3 Å². The van der Waals surface area contributed by atoms with Crippen molar-refractivity contribution in [3.8, 4) is 0 Å². The van der Waals surface area contributed by atoms with E-state index in [9.17, 15) is 9.59 Å². The van der Waals surface area contributed by atoms with Gasteiger partial charge in [-0.05, 0) is 26.0 Å². The van der Waals surface area contributed by atoms with Gasteiger partial charge in [0, 0.05) is 9.75 Å². The van der Waals surface area contributed by atoms with Crippen molar-refractivity contribution in [2.45, 2.75) is 25.8 Å². The van der Waals surface area contributed by atoms with E-state index in [1.807, 2.05) is 19.1 Å². The molecule has 0 radical (unpaired) electrons. The largest absolute Gasteiger partial charge is 0.333 e. The summed E-state index contributed by atoms with van der Waals surface area (Å²) in [7, 11) is 0. The van der Waals surface area contributed by atoms with E-state index < -0.39 is 17.3 Å². The molecule has 0 aliphatic carbocycles. The molecule has 4 nitrogen and oxygen atoms in total. The lowest BCUT2D eigenvalue weighted by atomic mass is 10.4. The minimum absolute atomic E-state index is 0.411. The molecule has 6 heteroatoms. The third-order valence-corrected chi connectivity index (χ3v) is 3.02. The van der Waals surface area contributed by atoms with Gasteiger partial charge in [0.05, 0.1) is 6.54 Å². The molecule has 16 heavy (non-hydrogen) atoms. The number of halogens is 1. The summed E-state index contributed by atoms with van der Waals surface area (Å²) >= 11 is 7.10. The molecule has 3 amide bonds. The number of hydrogen-bond donors (Lipinski definition) is 2. The number of carbonyl (C=O) groups excluding carboxylic acids is 2. The van der Waals surface area contributed by atoms with E-state index in [4.69, 9.17) is 11.6 Å². The van der Waals surface area contributed by atoms with E-state index in [1.54, 1.807) is 11.3 Å². The standard InChI is InChI=1S/C10H13ClN2O2S/c1-6-3-4-8(16-6)5-12-10(15)13-9(14)7(2)11/h3-4,7H,5H2,1-2H3,(H2,12,13,14,15). The third kappa shape index (κ3) is 4.20. The zero-order chi connectivity index (χ0) is 12.1. The minimum Gasteiger partial charge on any atom is -0.333 e. The van der Waals surface area contributed by atoms with Crippen LogP contribution in [-0.4, -0.2) is 17.3 Å². The van der Waals surface area contributed by atoms with Gasteiger partial charge in [-0.3, -0.25) is 10.1 Å². The van der Waals surface area contributed by atoms with Crippen LogP contribution in [0.15, 0.2) is 12.1 Å². The summed E-state index contributed by atoms with van der Waals surface area (Å²) < 4.78 is 0. The number of urea groups is 1. The molecule has 0 saturated carbocycles. The first-order valence-corrected chi connectivity index (χ1v) is 6.02. The van der Waals surface area contributed by atoms with Crippen LogP contribution in [0.25, 0.3) is 0 Å². The van der Waals surface area contributed by atoms with Crippen LogP contribution >= 0.6 is 22.9 Å². The molecule has 1 atom stereocenters. The van der Waals surface area contributed by atoms with Crippen molar-refractivity contribution in [1.29, 1.82) is 0 Å². The lowest BCUT2D eigenvalue weighted by Gasteiger charge is -2.06. The molecule has 0 aromatic carbocycles. The van der Waals surface area contributed by atoms with Crippen LogP contribution in [0.4, 0.5) is 4.79 Å². The van der Waals surface area contributed by atoms with Crippen LogP contribution < -0.4 is 10.6 Å². The van der Waals surface area contributed by atoms with Crippen LogP contribution in [0.2, 0.25) is 0 Å². The topological polar surface area (TPSA) is 58.2 Å². The highest BCUT2D eigenvalue weighted by molar-refractivity contribution is 7.11. The number of nitrogens with one attached hydrogen (secondary N) is 2. The number of amides is 3. The first-order chi connectivity index (χ1) is 7.49. The van der Waals surface area contributed by atoms with Crippen molar-refractivity contribution >= 4 is 34.9 Å². The summed E-state index contributed by atoms with van der Waals surface area (Å²) in [5, 5.41) is 4.01. The molecule has 88 valence electrons. The maximum atomic E-state index is 11.2. The first kappa shape index (κ1) is 13.0. The lowest BCUT2D eigenvalue weighted by Crippen LogP contribution is -2.41. The predicted molar refractivity (Wildman–Crippen MR) is 64.7 cm³/mol. The van der Waals surface area contributed by atoms with Crippen molar-refractivity contribution in [2.75, 3.05) is 0 Å². The second kappa shape index (κ2) is 5.86. The zero-order valence-corrected chi connectivity index (χ0v) is 10.6. The van der Waals surface area contributed by atoms with Crippen LogP contribution in [0.3, 0.4) is 0 Å². The Kier molecular flexibility index (Phi) is 4.76. The van der Waals surface area contributed by atoms with Gasteiger partial charge >= 0.3 is 6.03 Å². The quantitative estimate of drug-likeness (QED) is 0.817. The Morgan fingerprint density at radius 1 is 1.50 bits per heavy atom. The highest BCUT2D eigenvalue weighted by Crippen LogP contribution is 2.14. The molecule has 0 aliphatic heterocycles. The van der Waals surface area contributed by atoms with E-state index >= 15 is 0 Å². The molecule has 0 fully saturated rings. The van der Waals surface area contributed by atoms with Gasteiger partial charge in [0.1, 0.15) is 5.38 Å². The Bertz CT molecular complexity index is 390. The average molecular weight is 261 g/mol. The van der Waals surface area contributed by atoms with E-state index in [1.165, 1.54) is 11.8 Å². The summed E-state index contributed by atoms with van der Waals surface area (Å²) in [5.41, 5.74) is 0. The minimum atomic E-state index is -0.713. The van der Waals surface area contributed by atoms with Crippen molar-refractivity contribution in [3.63, 3.8) is 0 Å². The Morgan fingerprint density at radius 3 is 2.69 bits per heavy atom. The fourth-order valence-corrected chi connectivity index (χ4v) is 1.89. The highest BCUT2D eigenvalue weighted by atomic mass is 35.5. The second-order valence-electron chi connectivity index (χ2n) is 3.30. The number of thiophene rings is 1. The van der Waals surface area contributed by atoms with E-state index in [0.717, 1.165) is 4.88 Å². The van der Waals surface area contributed by atoms with Gasteiger partial charge in [0.15, 0.2) is 0 Å². The summed E-state index contributed by atoms with van der Waals surface area (Å²) in [6, 6.07) is 3.39. The number of carbonyl (C=O) groups is 2. The smallest absolute Gasteiger partial charge is 0.321 e. The number of hydrogen-bond acceptors (Lipinski definition) is 3. The van der Waals surface area contributed by atoms with Gasteiger partial charge < -0.3 is 5.32 Å². The van der Waals surface area contributed by atoms with Gasteiger partial charge in [0.25, 0.3) is 0 Å². The lowest BCUT2D eigenvalue weighted by molar-refractivity contribution is -0.119. The molecule has 1 heterocycles. The van der Waals surface area contributed by atoms with Crippen LogP contribution in [0.1, 0.15) is 16.7 Å². The fourth-order valence-electron chi connectivity index (χ4n) is 1.00. The number of alkyl halides is 1. The monoisotopic (exact) mass is 260 g/mol. The third-order valence-electron chi connectivity index (χ3n) is 1.82. The van der Waals surface area contributed by atoms with E-state index in [2.05, 4.69) is 10.6 Å². The number of rotatable bonds is 3. The molecule has 0 bridgehead atoms. The van der Waals surface area contributed by atoms with Crippen molar-refractivity contribution in [1.82, 2.24) is 10.6 Å². The van der Waals surface area contributed by atoms with Crippen LogP contribution in [0, 0.1) is 6.92 Å². The zero-order valence-electron chi connectivity index (χ0n) is 9.04. The maximum Gasteiger partial charge on any atom is 0.321 e. The van der Waals surface area contributed by atoms with E-state index in [0.29, 0.717) is 6.54 Å². The Labute approximate surface area is 103 Å². The molecule has 0 saturated heterocycles. The molecule has 0 spiro atoms. The Balaban J connectivity index is 2.33. The van der Waals surface area contributed by atoms with Gasteiger partial charge in [-0.1, -0.05) is 0 Å². The molecular formula is C10H13ClN2O2S. The summed E-state index contributed by atoms with van der Waals surface area (Å²) in [6.07, 6.45) is 0. The molecule has 1 unspecified atom stereocenters. The first-order valence-electron chi connectivity index (χ1n) is 4.77. The normalized spacial score (nSPS) is 11.9. The van der Waals surface area contributed by atoms with Gasteiger partial charge in [-0.2, -0.15) is 0 Å². The highest BCUT2D eigenvalue weighted by Gasteiger charge is 2.12. The van der Waals surface area contributed by atoms with Crippen molar-refractivity contribution in [2.24, 2.45) is 0 Å². The molecule has 2 N–H and O–H groups in total. The van der Waals surface area contributed by atoms with Gasteiger partial charge in [-0.15, -0.1) is 22.9 Å². The average Bonchev–Trinajstić information content (AvgIpc) is 2.61. The molecule has 0 aliphatic rings. The maximum absolute atomic E-state index is 11.2. The fraction of sp³-hybridized carbons (Fsp3) is 0.400. The second-order valence-corrected chi connectivity index (χ2v) is 5.33. The van der Waals surface area contributed by atoms with Gasteiger partial charge in [0.2, 0.25) is 5.91 Å². The van der Waals surface area contributed by atoms with Crippen LogP contribution in [0.5, 0.6) is 0 Å². The van der Waals surface area contributed by atoms with Gasteiger partial charge in [-0.25, -0.2) is 4.79 Å². The molecule has 1 aromatic rings. The summed E-state index contributed by atoms with van der Waals surface area (Å²) in [5.74, 6) is -0.499. The SMILES string of the molecule is Cc1ccc(CNC(=O)NC(=O)C(C)Cl)s1. The number of aryl methyl sites for hydroxylation is 1. The summed E-state index contributed by atoms with van der Waals surface area (Å²) in [6.45, 7) is 3.91. The van der Waals surface area contributed by atoms with Crippen molar-refractivity contribution < 1.29 is 9.59 Å². The predicted octanol–water partition coefficient (Wildman–Crippen LogP) is 2.01. The summed E-state index contributed by atoms with van der Waals surface area (Å²) in [4.78, 5) is 24.5. The van der Waals surface area contributed by atoms with Crippen molar-refractivity contribution in [3.05, 3.63) is 21.9 Å².